The van der Waals surface area contributed by atoms with E-state index in [0.29, 0.717) is 6.54 Å². The van der Waals surface area contributed by atoms with Crippen molar-refractivity contribution >= 4 is 0 Å². The maximum Gasteiger partial charge on any atom is 0.0537 e. The number of hydrogen-bond donors (Lipinski definition) is 1. The third-order valence-corrected chi connectivity index (χ3v) is 2.04. The number of hydrogen-bond acceptors (Lipinski definition) is 2. The average molecular weight is 167 g/mol. The maximum atomic E-state index is 5.60. The first-order valence-corrected chi connectivity index (χ1v) is 4.57. The summed E-state index contributed by atoms with van der Waals surface area (Å²) in [6.45, 7) is 5.82. The van der Waals surface area contributed by atoms with Crippen LogP contribution >= 0.6 is 0 Å². The van der Waals surface area contributed by atoms with E-state index < -0.39 is 0 Å². The van der Waals surface area contributed by atoms with Crippen molar-refractivity contribution in [3.8, 4) is 0 Å². The molecule has 1 aromatic heterocycles. The van der Waals surface area contributed by atoms with Crippen LogP contribution in [0.15, 0.2) is 6.20 Å². The van der Waals surface area contributed by atoms with Gasteiger partial charge in [0.2, 0.25) is 0 Å². The Morgan fingerprint density at radius 2 is 2.25 bits per heavy atom. The third-order valence-electron chi connectivity index (χ3n) is 2.04. The molecule has 3 heteroatoms. The van der Waals surface area contributed by atoms with Crippen LogP contribution in [0.5, 0.6) is 0 Å². The van der Waals surface area contributed by atoms with Crippen molar-refractivity contribution in [1.29, 1.82) is 0 Å². The lowest BCUT2D eigenvalue weighted by molar-refractivity contribution is 0.613. The highest BCUT2D eigenvalue weighted by molar-refractivity contribution is 5.17. The molecule has 0 aliphatic rings. The highest BCUT2D eigenvalue weighted by Gasteiger charge is 2.06. The molecule has 0 aromatic carbocycles. The summed E-state index contributed by atoms with van der Waals surface area (Å²) in [5.74, 6) is 0. The minimum Gasteiger partial charge on any atom is -0.326 e. The summed E-state index contributed by atoms with van der Waals surface area (Å²) in [5.41, 5.74) is 8.10. The van der Waals surface area contributed by atoms with Crippen molar-refractivity contribution in [2.24, 2.45) is 5.73 Å². The molecule has 0 bridgehead atoms. The summed E-state index contributed by atoms with van der Waals surface area (Å²) >= 11 is 0. The first-order valence-electron chi connectivity index (χ1n) is 4.57. The highest BCUT2D eigenvalue weighted by atomic mass is 15.3. The van der Waals surface area contributed by atoms with E-state index in [1.54, 1.807) is 0 Å². The SMILES string of the molecule is CCCc1c(CN)cnn1CC. The number of nitrogens with zero attached hydrogens (tertiary/aromatic N) is 2. The molecule has 0 fully saturated rings. The topological polar surface area (TPSA) is 43.8 Å². The summed E-state index contributed by atoms with van der Waals surface area (Å²) in [6.07, 6.45) is 4.12. The summed E-state index contributed by atoms with van der Waals surface area (Å²) in [4.78, 5) is 0. The van der Waals surface area contributed by atoms with Gasteiger partial charge in [-0.25, -0.2) is 0 Å². The smallest absolute Gasteiger partial charge is 0.0537 e. The van der Waals surface area contributed by atoms with Crippen LogP contribution in [0.25, 0.3) is 0 Å². The zero-order valence-electron chi connectivity index (χ0n) is 7.88. The van der Waals surface area contributed by atoms with Crippen LogP contribution in [-0.4, -0.2) is 9.78 Å². The van der Waals surface area contributed by atoms with Crippen molar-refractivity contribution in [1.82, 2.24) is 9.78 Å². The second kappa shape index (κ2) is 4.26. The van der Waals surface area contributed by atoms with E-state index in [0.717, 1.165) is 19.4 Å². The van der Waals surface area contributed by atoms with Crippen LogP contribution in [0.3, 0.4) is 0 Å². The molecule has 2 N–H and O–H groups in total. The van der Waals surface area contributed by atoms with Gasteiger partial charge in [0.25, 0.3) is 0 Å². The molecule has 0 saturated carbocycles. The number of nitrogens with two attached hydrogens (primary N) is 1. The van der Waals surface area contributed by atoms with E-state index in [-0.39, 0.29) is 0 Å². The molecule has 0 aliphatic carbocycles. The Kier molecular flexibility index (Phi) is 3.29. The third kappa shape index (κ3) is 1.67. The molecule has 3 nitrogen and oxygen atoms in total. The predicted molar refractivity (Wildman–Crippen MR) is 49.8 cm³/mol. The number of aromatic nitrogens is 2. The van der Waals surface area contributed by atoms with Gasteiger partial charge in [0.1, 0.15) is 0 Å². The zero-order valence-corrected chi connectivity index (χ0v) is 7.88. The van der Waals surface area contributed by atoms with Crippen molar-refractivity contribution in [2.45, 2.75) is 39.8 Å². The summed E-state index contributed by atoms with van der Waals surface area (Å²) in [7, 11) is 0. The molecule has 0 unspecified atom stereocenters. The van der Waals surface area contributed by atoms with Gasteiger partial charge < -0.3 is 5.73 Å². The van der Waals surface area contributed by atoms with Crippen molar-refractivity contribution in [3.63, 3.8) is 0 Å². The highest BCUT2D eigenvalue weighted by Crippen LogP contribution is 2.09. The van der Waals surface area contributed by atoms with Crippen molar-refractivity contribution in [2.75, 3.05) is 0 Å². The number of rotatable bonds is 4. The molecule has 0 atom stereocenters. The fraction of sp³-hybridized carbons (Fsp3) is 0.667. The fourth-order valence-electron chi connectivity index (χ4n) is 1.42. The molecule has 0 aliphatic heterocycles. The minimum atomic E-state index is 0.606. The van der Waals surface area contributed by atoms with Gasteiger partial charge in [0.05, 0.1) is 6.20 Å². The van der Waals surface area contributed by atoms with Crippen LogP contribution in [0.4, 0.5) is 0 Å². The Balaban J connectivity index is 2.90. The summed E-state index contributed by atoms with van der Waals surface area (Å²) in [5, 5.41) is 4.26. The molecular weight excluding hydrogens is 150 g/mol. The molecule has 1 heterocycles. The summed E-state index contributed by atoms with van der Waals surface area (Å²) < 4.78 is 2.03. The van der Waals surface area contributed by atoms with E-state index in [1.807, 2.05) is 10.9 Å². The molecule has 0 saturated heterocycles. The van der Waals surface area contributed by atoms with Gasteiger partial charge in [-0.1, -0.05) is 13.3 Å². The second-order valence-electron chi connectivity index (χ2n) is 2.89. The van der Waals surface area contributed by atoms with Crippen LogP contribution in [-0.2, 0) is 19.5 Å². The van der Waals surface area contributed by atoms with Gasteiger partial charge >= 0.3 is 0 Å². The Morgan fingerprint density at radius 3 is 2.75 bits per heavy atom. The van der Waals surface area contributed by atoms with Gasteiger partial charge in [-0.15, -0.1) is 0 Å². The Labute approximate surface area is 73.6 Å². The molecule has 12 heavy (non-hydrogen) atoms. The Bertz CT molecular complexity index is 218. The van der Waals surface area contributed by atoms with E-state index >= 15 is 0 Å². The summed E-state index contributed by atoms with van der Waals surface area (Å²) in [6, 6.07) is 0. The van der Waals surface area contributed by atoms with E-state index in [2.05, 4.69) is 18.9 Å². The maximum absolute atomic E-state index is 5.60. The molecule has 1 aromatic rings. The van der Waals surface area contributed by atoms with Gasteiger partial charge in [-0.2, -0.15) is 5.10 Å². The van der Waals surface area contributed by atoms with Crippen LogP contribution in [0.1, 0.15) is 31.5 Å². The number of aryl methyl sites for hydroxylation is 1. The largest absolute Gasteiger partial charge is 0.326 e. The first-order chi connectivity index (χ1) is 5.83. The molecule has 0 amide bonds. The lowest BCUT2D eigenvalue weighted by atomic mass is 10.1. The monoisotopic (exact) mass is 167 g/mol. The molecular formula is C9H17N3. The van der Waals surface area contributed by atoms with Crippen molar-refractivity contribution in [3.05, 3.63) is 17.5 Å². The van der Waals surface area contributed by atoms with Crippen molar-refractivity contribution < 1.29 is 0 Å². The van der Waals surface area contributed by atoms with E-state index in [9.17, 15) is 0 Å². The Hall–Kier alpha value is -0.830. The molecule has 0 spiro atoms. The van der Waals surface area contributed by atoms with Gasteiger partial charge in [0, 0.05) is 24.3 Å². The fourth-order valence-corrected chi connectivity index (χ4v) is 1.42. The van der Waals surface area contributed by atoms with Crippen LogP contribution in [0.2, 0.25) is 0 Å². The molecule has 1 rings (SSSR count). The van der Waals surface area contributed by atoms with Gasteiger partial charge in [0.15, 0.2) is 0 Å². The van der Waals surface area contributed by atoms with Gasteiger partial charge in [-0.05, 0) is 13.3 Å². The quantitative estimate of drug-likeness (QED) is 0.735. The normalized spacial score (nSPS) is 10.6. The Morgan fingerprint density at radius 1 is 1.50 bits per heavy atom. The van der Waals surface area contributed by atoms with Crippen LogP contribution < -0.4 is 5.73 Å². The predicted octanol–water partition coefficient (Wildman–Crippen LogP) is 1.31. The average Bonchev–Trinajstić information content (AvgIpc) is 2.48. The van der Waals surface area contributed by atoms with Crippen LogP contribution in [0, 0.1) is 0 Å². The van der Waals surface area contributed by atoms with Gasteiger partial charge in [-0.3, -0.25) is 4.68 Å². The minimum absolute atomic E-state index is 0.606. The lowest BCUT2D eigenvalue weighted by Crippen LogP contribution is -2.06. The van der Waals surface area contributed by atoms with E-state index in [1.165, 1.54) is 11.3 Å². The zero-order chi connectivity index (χ0) is 8.97. The first kappa shape index (κ1) is 9.26. The standard InChI is InChI=1S/C9H17N3/c1-3-5-9-8(6-10)7-11-12(9)4-2/h7H,3-6,10H2,1-2H3. The lowest BCUT2D eigenvalue weighted by Gasteiger charge is -2.04. The molecule has 0 radical (unpaired) electrons. The second-order valence-corrected chi connectivity index (χ2v) is 2.89. The molecule has 68 valence electrons. The van der Waals surface area contributed by atoms with E-state index in [4.69, 9.17) is 5.73 Å².